The summed E-state index contributed by atoms with van der Waals surface area (Å²) in [5.41, 5.74) is 0.630. The van der Waals surface area contributed by atoms with Crippen LogP contribution in [0.2, 0.25) is 0 Å². The molecule has 0 heterocycles. The van der Waals surface area contributed by atoms with Gasteiger partial charge in [0.25, 0.3) is 6.43 Å². The molecule has 0 saturated heterocycles. The van der Waals surface area contributed by atoms with Crippen LogP contribution in [0, 0.1) is 23.6 Å². The predicted octanol–water partition coefficient (Wildman–Crippen LogP) is 8.37. The Kier molecular flexibility index (Phi) is 7.65. The zero-order valence-electron chi connectivity index (χ0n) is 17.4. The third-order valence-corrected chi connectivity index (χ3v) is 7.27. The highest BCUT2D eigenvalue weighted by Crippen LogP contribution is 2.45. The van der Waals surface area contributed by atoms with E-state index in [1.54, 1.807) is 12.1 Å². The highest BCUT2D eigenvalue weighted by Gasteiger charge is 2.32. The molecule has 156 valence electrons. The van der Waals surface area contributed by atoms with Crippen molar-refractivity contribution in [2.75, 3.05) is 0 Å². The van der Waals surface area contributed by atoms with Gasteiger partial charge in [0.15, 0.2) is 0 Å². The third kappa shape index (κ3) is 5.02. The van der Waals surface area contributed by atoms with E-state index in [0.29, 0.717) is 24.0 Å². The molecule has 0 amide bonds. The van der Waals surface area contributed by atoms with E-state index in [0.717, 1.165) is 43.4 Å². The van der Waals surface area contributed by atoms with Gasteiger partial charge in [-0.2, -0.15) is 0 Å². The van der Waals surface area contributed by atoms with Crippen molar-refractivity contribution < 1.29 is 13.2 Å². The molecule has 1 aromatic rings. The van der Waals surface area contributed by atoms with E-state index in [-0.39, 0.29) is 11.5 Å². The van der Waals surface area contributed by atoms with Crippen LogP contribution in [-0.2, 0) is 6.42 Å². The Morgan fingerprint density at radius 2 is 1.57 bits per heavy atom. The monoisotopic (exact) mass is 392 g/mol. The Labute approximate surface area is 168 Å². The summed E-state index contributed by atoms with van der Waals surface area (Å²) in [5, 5.41) is 0. The van der Waals surface area contributed by atoms with Crippen LogP contribution in [0.25, 0.3) is 0 Å². The largest absolute Gasteiger partial charge is 0.266 e. The van der Waals surface area contributed by atoms with Gasteiger partial charge in [-0.1, -0.05) is 44.1 Å². The molecule has 2 aliphatic rings. The first-order chi connectivity index (χ1) is 13.5. The lowest BCUT2D eigenvalue weighted by Crippen LogP contribution is -2.25. The van der Waals surface area contributed by atoms with Crippen molar-refractivity contribution >= 4 is 0 Å². The van der Waals surface area contributed by atoms with E-state index in [2.05, 4.69) is 6.92 Å². The smallest absolute Gasteiger partial charge is 0.206 e. The van der Waals surface area contributed by atoms with Crippen LogP contribution in [0.1, 0.15) is 101 Å². The average molecular weight is 393 g/mol. The fourth-order valence-electron chi connectivity index (χ4n) is 5.48. The maximum atomic E-state index is 15.1. The lowest BCUT2D eigenvalue weighted by Gasteiger charge is -2.37. The Hall–Kier alpha value is -1.25. The molecule has 2 aliphatic carbocycles. The van der Waals surface area contributed by atoms with Gasteiger partial charge in [0, 0.05) is 0 Å². The van der Waals surface area contributed by atoms with Gasteiger partial charge >= 0.3 is 0 Å². The summed E-state index contributed by atoms with van der Waals surface area (Å²) in [7, 11) is 0. The number of benzene rings is 1. The van der Waals surface area contributed by atoms with Gasteiger partial charge in [-0.25, -0.2) is 13.2 Å². The molecule has 28 heavy (non-hydrogen) atoms. The fraction of sp³-hybridized carbons (Fsp3) is 0.680. The van der Waals surface area contributed by atoms with Gasteiger partial charge in [-0.3, -0.25) is 0 Å². The van der Waals surface area contributed by atoms with E-state index < -0.39 is 12.2 Å². The first-order valence-corrected chi connectivity index (χ1v) is 11.2. The van der Waals surface area contributed by atoms with Gasteiger partial charge in [0.2, 0.25) is 0 Å². The summed E-state index contributed by atoms with van der Waals surface area (Å²) >= 11 is 0. The maximum absolute atomic E-state index is 15.1. The summed E-state index contributed by atoms with van der Waals surface area (Å²) in [5.74, 6) is 1.90. The number of hydrogen-bond acceptors (Lipinski definition) is 0. The molecular formula is C25H35F3. The molecular weight excluding hydrogens is 357 g/mol. The molecule has 2 fully saturated rings. The quantitative estimate of drug-likeness (QED) is 0.427. The highest BCUT2D eigenvalue weighted by atomic mass is 19.3. The molecule has 1 aromatic carbocycles. The van der Waals surface area contributed by atoms with E-state index in [9.17, 15) is 8.78 Å². The van der Waals surface area contributed by atoms with Gasteiger partial charge in [0.05, 0.1) is 5.56 Å². The lowest BCUT2D eigenvalue weighted by molar-refractivity contribution is 0.143. The van der Waals surface area contributed by atoms with Crippen molar-refractivity contribution in [3.05, 3.63) is 46.8 Å². The second-order valence-electron chi connectivity index (χ2n) is 9.08. The van der Waals surface area contributed by atoms with Crippen molar-refractivity contribution in [3.8, 4) is 0 Å². The molecule has 2 saturated carbocycles. The summed E-state index contributed by atoms with van der Waals surface area (Å²) < 4.78 is 42.3. The van der Waals surface area contributed by atoms with Gasteiger partial charge in [0.1, 0.15) is 5.82 Å². The van der Waals surface area contributed by atoms with Crippen LogP contribution in [0.5, 0.6) is 0 Å². The molecule has 0 unspecified atom stereocenters. The number of hydrogen-bond donors (Lipinski definition) is 0. The number of rotatable bonds is 6. The molecule has 0 atom stereocenters. The Morgan fingerprint density at radius 3 is 2.14 bits per heavy atom. The van der Waals surface area contributed by atoms with E-state index >= 15 is 4.39 Å². The van der Waals surface area contributed by atoms with Crippen LogP contribution < -0.4 is 0 Å². The highest BCUT2D eigenvalue weighted by molar-refractivity contribution is 5.37. The molecule has 0 aliphatic heterocycles. The van der Waals surface area contributed by atoms with Crippen molar-refractivity contribution in [3.63, 3.8) is 0 Å². The number of halogens is 3. The van der Waals surface area contributed by atoms with Crippen molar-refractivity contribution in [1.29, 1.82) is 0 Å². The minimum atomic E-state index is -2.75. The fourth-order valence-corrected chi connectivity index (χ4v) is 5.48. The number of allylic oxidation sites excluding steroid dienone is 2. The molecule has 0 bridgehead atoms. The SMILES string of the molecule is C/C=C/CCc1ccc(C2CCC(C3CCC(C)CC3)CC2)c(F)c1C(F)F. The molecule has 3 rings (SSSR count). The van der Waals surface area contributed by atoms with E-state index in [4.69, 9.17) is 0 Å². The standard InChI is InChI=1S/C25H35F3/c1-3-4-5-6-21-15-16-22(24(26)23(21)25(27)28)20-13-11-19(12-14-20)18-9-7-17(2)8-10-18/h3-4,15-20,25H,5-14H2,1-2H3/b4-3+. The van der Waals surface area contributed by atoms with Crippen LogP contribution in [0.4, 0.5) is 13.2 Å². The van der Waals surface area contributed by atoms with Gasteiger partial charge in [-0.05, 0) is 93.1 Å². The zero-order valence-corrected chi connectivity index (χ0v) is 17.4. The van der Waals surface area contributed by atoms with E-state index in [1.807, 2.05) is 19.1 Å². The van der Waals surface area contributed by atoms with E-state index in [1.165, 1.54) is 25.7 Å². The number of alkyl halides is 2. The second kappa shape index (κ2) is 9.98. The van der Waals surface area contributed by atoms with Crippen LogP contribution in [0.3, 0.4) is 0 Å². The Balaban J connectivity index is 1.68. The van der Waals surface area contributed by atoms with Crippen molar-refractivity contribution in [2.24, 2.45) is 17.8 Å². The minimum Gasteiger partial charge on any atom is -0.206 e. The molecule has 0 aromatic heterocycles. The van der Waals surface area contributed by atoms with Crippen LogP contribution in [0.15, 0.2) is 24.3 Å². The molecule has 0 N–H and O–H groups in total. The molecule has 3 heteroatoms. The molecule has 0 spiro atoms. The maximum Gasteiger partial charge on any atom is 0.266 e. The second-order valence-corrected chi connectivity index (χ2v) is 9.08. The van der Waals surface area contributed by atoms with Gasteiger partial charge < -0.3 is 0 Å². The molecule has 0 radical (unpaired) electrons. The van der Waals surface area contributed by atoms with Crippen molar-refractivity contribution in [2.45, 2.75) is 90.4 Å². The normalized spacial score (nSPS) is 28.9. The number of aryl methyl sites for hydroxylation is 1. The minimum absolute atomic E-state index is 0.0980. The summed E-state index contributed by atoms with van der Waals surface area (Å²) in [4.78, 5) is 0. The van der Waals surface area contributed by atoms with Crippen LogP contribution in [-0.4, -0.2) is 0 Å². The Morgan fingerprint density at radius 1 is 0.964 bits per heavy atom. The molecule has 0 nitrogen and oxygen atoms in total. The predicted molar refractivity (Wildman–Crippen MR) is 110 cm³/mol. The van der Waals surface area contributed by atoms with Gasteiger partial charge in [-0.15, -0.1) is 0 Å². The first-order valence-electron chi connectivity index (χ1n) is 11.2. The lowest BCUT2D eigenvalue weighted by atomic mass is 9.68. The average Bonchev–Trinajstić information content (AvgIpc) is 2.69. The topological polar surface area (TPSA) is 0 Å². The van der Waals surface area contributed by atoms with Crippen LogP contribution >= 0.6 is 0 Å². The van der Waals surface area contributed by atoms with Crippen molar-refractivity contribution in [1.82, 2.24) is 0 Å². The first kappa shape index (κ1) is 21.5. The third-order valence-electron chi connectivity index (χ3n) is 7.27. The zero-order chi connectivity index (χ0) is 20.1. The summed E-state index contributed by atoms with van der Waals surface area (Å²) in [6, 6.07) is 3.54. The summed E-state index contributed by atoms with van der Waals surface area (Å²) in [6.45, 7) is 4.25. The Bertz CT molecular complexity index is 648. The summed E-state index contributed by atoms with van der Waals surface area (Å²) in [6.07, 6.45) is 11.7.